The van der Waals surface area contributed by atoms with Crippen LogP contribution in [0.5, 0.6) is 5.75 Å². The van der Waals surface area contributed by atoms with E-state index in [4.69, 9.17) is 4.74 Å². The maximum Gasteiger partial charge on any atom is 0.416 e. The molecule has 0 saturated heterocycles. The third-order valence-corrected chi connectivity index (χ3v) is 4.08. The summed E-state index contributed by atoms with van der Waals surface area (Å²) >= 11 is 1.85. The second-order valence-corrected chi connectivity index (χ2v) is 6.25. The number of nitro groups is 1. The smallest absolute Gasteiger partial charge is 0.416 e. The molecule has 0 fully saturated rings. The number of nitrogens with zero attached hydrogens (tertiary/aromatic N) is 2. The van der Waals surface area contributed by atoms with Crippen LogP contribution in [0.4, 0.5) is 18.9 Å². The fraction of sp³-hybridized carbons (Fsp3) is 0.125. The number of hydrazone groups is 1. The summed E-state index contributed by atoms with van der Waals surface area (Å²) in [4.78, 5) is 22.4. The molecule has 0 atom stereocenters. The molecule has 0 radical (unpaired) electrons. The van der Waals surface area contributed by atoms with Gasteiger partial charge in [-0.15, -0.1) is 0 Å². The number of rotatable bonds is 5. The number of amides is 1. The number of halogens is 4. The zero-order valence-electron chi connectivity index (χ0n) is 13.6. The van der Waals surface area contributed by atoms with E-state index in [0.29, 0.717) is 15.2 Å². The van der Waals surface area contributed by atoms with Gasteiger partial charge in [-0.05, 0) is 46.9 Å². The highest BCUT2D eigenvalue weighted by atomic mass is 127. The molecule has 0 aromatic heterocycles. The number of carbonyl (C=O) groups excluding carboxylic acids is 1. The predicted molar refractivity (Wildman–Crippen MR) is 98.9 cm³/mol. The van der Waals surface area contributed by atoms with Gasteiger partial charge in [-0.1, -0.05) is 6.07 Å². The summed E-state index contributed by atoms with van der Waals surface area (Å²) in [6, 6.07) is 6.59. The van der Waals surface area contributed by atoms with Gasteiger partial charge in [0.1, 0.15) is 0 Å². The molecule has 0 aliphatic carbocycles. The molecule has 0 unspecified atom stereocenters. The Morgan fingerprint density at radius 1 is 1.33 bits per heavy atom. The molecule has 1 N–H and O–H groups in total. The van der Waals surface area contributed by atoms with Crippen LogP contribution in [0.1, 0.15) is 21.5 Å². The third-order valence-electron chi connectivity index (χ3n) is 3.28. The van der Waals surface area contributed by atoms with E-state index in [9.17, 15) is 28.1 Å². The molecule has 27 heavy (non-hydrogen) atoms. The van der Waals surface area contributed by atoms with Gasteiger partial charge >= 0.3 is 11.9 Å². The summed E-state index contributed by atoms with van der Waals surface area (Å²) in [5.41, 5.74) is 0.919. The molecule has 1 amide bonds. The van der Waals surface area contributed by atoms with Crippen LogP contribution in [0.3, 0.4) is 0 Å². The van der Waals surface area contributed by atoms with Gasteiger partial charge in [0.25, 0.3) is 5.91 Å². The average molecular weight is 493 g/mol. The van der Waals surface area contributed by atoms with Crippen LogP contribution in [-0.2, 0) is 6.18 Å². The molecule has 0 spiro atoms. The molecular weight excluding hydrogens is 482 g/mol. The van der Waals surface area contributed by atoms with Crippen LogP contribution in [0.2, 0.25) is 0 Å². The Kier molecular flexibility index (Phi) is 6.36. The number of hydrogen-bond donors (Lipinski definition) is 1. The zero-order valence-corrected chi connectivity index (χ0v) is 15.7. The number of nitrogens with one attached hydrogen (secondary N) is 1. The van der Waals surface area contributed by atoms with E-state index in [-0.39, 0.29) is 17.0 Å². The first-order valence-corrected chi connectivity index (χ1v) is 8.24. The minimum Gasteiger partial charge on any atom is -0.489 e. The van der Waals surface area contributed by atoms with Gasteiger partial charge in [-0.3, -0.25) is 14.9 Å². The molecular formula is C16H11F3IN3O4. The van der Waals surface area contributed by atoms with Crippen LogP contribution >= 0.6 is 22.6 Å². The van der Waals surface area contributed by atoms with E-state index in [1.807, 2.05) is 22.6 Å². The van der Waals surface area contributed by atoms with Crippen molar-refractivity contribution < 1.29 is 27.6 Å². The van der Waals surface area contributed by atoms with E-state index < -0.39 is 22.6 Å². The lowest BCUT2D eigenvalue weighted by atomic mass is 10.1. The fourth-order valence-electron chi connectivity index (χ4n) is 2.08. The average Bonchev–Trinajstić information content (AvgIpc) is 2.60. The first-order chi connectivity index (χ1) is 12.6. The van der Waals surface area contributed by atoms with Crippen molar-refractivity contribution >= 4 is 40.4 Å². The Morgan fingerprint density at radius 3 is 2.63 bits per heavy atom. The van der Waals surface area contributed by atoms with Gasteiger partial charge in [-0.2, -0.15) is 18.3 Å². The topological polar surface area (TPSA) is 93.8 Å². The van der Waals surface area contributed by atoms with Crippen molar-refractivity contribution in [3.05, 3.63) is 66.8 Å². The Balaban J connectivity index is 2.18. The van der Waals surface area contributed by atoms with Crippen LogP contribution < -0.4 is 10.2 Å². The second kappa shape index (κ2) is 8.33. The van der Waals surface area contributed by atoms with Crippen LogP contribution in [-0.4, -0.2) is 24.2 Å². The summed E-state index contributed by atoms with van der Waals surface area (Å²) in [6.07, 6.45) is -3.43. The standard InChI is InChI=1S/C16H11F3IN3O4/c1-27-14-12(20)5-9(6-13(14)23(25)26)8-21-22-15(24)10-3-2-4-11(7-10)16(17,18)19/h2-8H,1H3,(H,22,24)/b21-8-. The molecule has 0 aliphatic heterocycles. The van der Waals surface area contributed by atoms with Gasteiger partial charge in [0.2, 0.25) is 5.75 Å². The fourth-order valence-corrected chi connectivity index (χ4v) is 2.93. The highest BCUT2D eigenvalue weighted by Crippen LogP contribution is 2.33. The van der Waals surface area contributed by atoms with Crippen molar-refractivity contribution in [1.29, 1.82) is 0 Å². The number of methoxy groups -OCH3 is 1. The lowest BCUT2D eigenvalue weighted by Gasteiger charge is -2.08. The number of hydrogen-bond acceptors (Lipinski definition) is 5. The second-order valence-electron chi connectivity index (χ2n) is 5.09. The molecule has 142 valence electrons. The lowest BCUT2D eigenvalue weighted by molar-refractivity contribution is -0.385. The Bertz CT molecular complexity index is 916. The number of nitro benzene ring substituents is 1. The number of alkyl halides is 3. The molecule has 0 heterocycles. The van der Waals surface area contributed by atoms with Gasteiger partial charge in [0, 0.05) is 17.2 Å². The van der Waals surface area contributed by atoms with Crippen LogP contribution in [0.15, 0.2) is 41.5 Å². The Labute approximate surface area is 164 Å². The van der Waals surface area contributed by atoms with Gasteiger partial charge in [0.15, 0.2) is 0 Å². The summed E-state index contributed by atoms with van der Waals surface area (Å²) in [6.45, 7) is 0. The van der Waals surface area contributed by atoms with Crippen molar-refractivity contribution in [2.45, 2.75) is 6.18 Å². The maximum absolute atomic E-state index is 12.7. The molecule has 2 rings (SSSR count). The summed E-state index contributed by atoms with van der Waals surface area (Å²) in [7, 11) is 1.30. The van der Waals surface area contributed by atoms with Crippen molar-refractivity contribution in [2.24, 2.45) is 5.10 Å². The van der Waals surface area contributed by atoms with Crippen molar-refractivity contribution in [3.8, 4) is 5.75 Å². The summed E-state index contributed by atoms with van der Waals surface area (Å²) in [5.74, 6) is -0.763. The Morgan fingerprint density at radius 2 is 2.04 bits per heavy atom. The van der Waals surface area contributed by atoms with E-state index in [2.05, 4.69) is 10.5 Å². The largest absolute Gasteiger partial charge is 0.489 e. The molecule has 2 aromatic rings. The van der Waals surface area contributed by atoms with Crippen LogP contribution in [0, 0.1) is 13.7 Å². The number of carbonyl (C=O) groups is 1. The first kappa shape index (κ1) is 20.6. The minimum absolute atomic E-state index is 0.0887. The van der Waals surface area contributed by atoms with E-state index in [0.717, 1.165) is 18.3 Å². The molecule has 7 nitrogen and oxygen atoms in total. The summed E-state index contributed by atoms with van der Waals surface area (Å²) < 4.78 is 43.5. The number of benzene rings is 2. The Hall–Kier alpha value is -2.70. The van der Waals surface area contributed by atoms with Crippen molar-refractivity contribution in [2.75, 3.05) is 7.11 Å². The molecule has 11 heteroatoms. The summed E-state index contributed by atoms with van der Waals surface area (Å²) in [5, 5.41) is 14.7. The predicted octanol–water partition coefficient (Wildman–Crippen LogP) is 3.99. The maximum atomic E-state index is 12.7. The molecule has 2 aromatic carbocycles. The zero-order chi connectivity index (χ0) is 20.2. The van der Waals surface area contributed by atoms with Gasteiger partial charge in [-0.25, -0.2) is 5.43 Å². The molecule has 0 bridgehead atoms. The van der Waals surface area contributed by atoms with Crippen molar-refractivity contribution in [1.82, 2.24) is 5.43 Å². The monoisotopic (exact) mass is 493 g/mol. The number of ether oxygens (including phenoxy) is 1. The van der Waals surface area contributed by atoms with E-state index >= 15 is 0 Å². The van der Waals surface area contributed by atoms with Crippen LogP contribution in [0.25, 0.3) is 0 Å². The van der Waals surface area contributed by atoms with E-state index in [1.54, 1.807) is 0 Å². The molecule has 0 saturated carbocycles. The van der Waals surface area contributed by atoms with Crippen molar-refractivity contribution in [3.63, 3.8) is 0 Å². The normalized spacial score (nSPS) is 11.4. The minimum atomic E-state index is -4.57. The third kappa shape index (κ3) is 5.15. The van der Waals surface area contributed by atoms with Gasteiger partial charge in [0.05, 0.1) is 27.4 Å². The first-order valence-electron chi connectivity index (χ1n) is 7.16. The SMILES string of the molecule is COc1c(I)cc(/C=N\NC(=O)c2cccc(C(F)(F)F)c2)cc1[N+](=O)[O-]. The van der Waals surface area contributed by atoms with Gasteiger partial charge < -0.3 is 4.74 Å². The highest BCUT2D eigenvalue weighted by molar-refractivity contribution is 14.1. The highest BCUT2D eigenvalue weighted by Gasteiger charge is 2.30. The molecule has 0 aliphatic rings. The lowest BCUT2D eigenvalue weighted by Crippen LogP contribution is -2.18. The quantitative estimate of drug-likeness (QED) is 0.295. The van der Waals surface area contributed by atoms with E-state index in [1.165, 1.54) is 25.3 Å².